The molecule has 1 atom stereocenters. The number of likely N-dealkylation sites (N-methyl/N-ethyl adjacent to an activating group) is 1. The minimum absolute atomic E-state index is 0.00342. The molecule has 2 amide bonds. The van der Waals surface area contributed by atoms with Gasteiger partial charge in [-0.05, 0) is 49.0 Å². The van der Waals surface area contributed by atoms with Crippen LogP contribution in [0.3, 0.4) is 0 Å². The lowest BCUT2D eigenvalue weighted by atomic mass is 10.0. The predicted molar refractivity (Wildman–Crippen MR) is 110 cm³/mol. The maximum Gasteiger partial charge on any atom is 0.251 e. The maximum absolute atomic E-state index is 12.5. The second-order valence-electron chi connectivity index (χ2n) is 6.23. The molecule has 2 rings (SSSR count). The van der Waals surface area contributed by atoms with Crippen LogP contribution in [0.2, 0.25) is 5.02 Å². The Morgan fingerprint density at radius 3 is 2.22 bits per heavy atom. The van der Waals surface area contributed by atoms with Gasteiger partial charge in [0.05, 0.1) is 6.04 Å². The van der Waals surface area contributed by atoms with E-state index in [1.54, 1.807) is 24.3 Å². The van der Waals surface area contributed by atoms with Gasteiger partial charge < -0.3 is 10.6 Å². The summed E-state index contributed by atoms with van der Waals surface area (Å²) in [7, 11) is 0. The van der Waals surface area contributed by atoms with Gasteiger partial charge >= 0.3 is 0 Å². The lowest BCUT2D eigenvalue weighted by Crippen LogP contribution is -2.38. The van der Waals surface area contributed by atoms with Gasteiger partial charge in [-0.1, -0.05) is 43.6 Å². The number of benzene rings is 2. The van der Waals surface area contributed by atoms with Crippen molar-refractivity contribution < 1.29 is 9.59 Å². The van der Waals surface area contributed by atoms with Crippen LogP contribution in [0.5, 0.6) is 0 Å². The Hall–Kier alpha value is -2.37. The Morgan fingerprint density at radius 1 is 1.04 bits per heavy atom. The molecule has 0 saturated carbocycles. The zero-order chi connectivity index (χ0) is 19.8. The number of nitrogens with zero attached hydrogens (tertiary/aromatic N) is 1. The van der Waals surface area contributed by atoms with Crippen molar-refractivity contribution >= 4 is 29.1 Å². The third-order valence-electron chi connectivity index (χ3n) is 4.44. The van der Waals surface area contributed by atoms with Gasteiger partial charge in [-0.3, -0.25) is 14.5 Å². The molecule has 0 spiro atoms. The van der Waals surface area contributed by atoms with E-state index in [9.17, 15) is 9.59 Å². The third-order valence-corrected chi connectivity index (χ3v) is 4.78. The molecule has 0 bridgehead atoms. The molecule has 0 aliphatic heterocycles. The summed E-state index contributed by atoms with van der Waals surface area (Å²) in [6.45, 7) is 7.80. The number of carbonyl (C=O) groups excluding carboxylic acids is 2. The van der Waals surface area contributed by atoms with E-state index in [1.165, 1.54) is 6.92 Å². The van der Waals surface area contributed by atoms with Crippen LogP contribution < -0.4 is 10.6 Å². The van der Waals surface area contributed by atoms with Crippen LogP contribution in [-0.2, 0) is 4.79 Å². The molecule has 27 heavy (non-hydrogen) atoms. The first-order valence-electron chi connectivity index (χ1n) is 9.10. The normalized spacial score (nSPS) is 11.9. The fourth-order valence-corrected chi connectivity index (χ4v) is 3.31. The van der Waals surface area contributed by atoms with E-state index < -0.39 is 0 Å². The lowest BCUT2D eigenvalue weighted by molar-refractivity contribution is -0.114. The molecule has 0 unspecified atom stereocenters. The van der Waals surface area contributed by atoms with Crippen molar-refractivity contribution in [2.45, 2.75) is 26.8 Å². The second kappa shape index (κ2) is 10.1. The first kappa shape index (κ1) is 20.9. The largest absolute Gasteiger partial charge is 0.350 e. The van der Waals surface area contributed by atoms with Crippen LogP contribution in [0.25, 0.3) is 0 Å². The topological polar surface area (TPSA) is 61.4 Å². The van der Waals surface area contributed by atoms with Gasteiger partial charge in [-0.2, -0.15) is 0 Å². The number of hydrogen-bond donors (Lipinski definition) is 2. The van der Waals surface area contributed by atoms with Gasteiger partial charge in [0.2, 0.25) is 5.91 Å². The second-order valence-corrected chi connectivity index (χ2v) is 6.63. The number of carbonyl (C=O) groups is 2. The third kappa shape index (κ3) is 5.81. The number of anilines is 1. The highest BCUT2D eigenvalue weighted by atomic mass is 35.5. The van der Waals surface area contributed by atoms with Crippen molar-refractivity contribution in [1.82, 2.24) is 10.2 Å². The predicted octanol–water partition coefficient (Wildman–Crippen LogP) is 4.11. The molecule has 0 fully saturated rings. The molecule has 0 radical (unpaired) electrons. The number of halogens is 1. The summed E-state index contributed by atoms with van der Waals surface area (Å²) < 4.78 is 0. The molecule has 0 heterocycles. The van der Waals surface area contributed by atoms with E-state index >= 15 is 0 Å². The van der Waals surface area contributed by atoms with Crippen LogP contribution in [0.4, 0.5) is 5.69 Å². The molecule has 0 aliphatic carbocycles. The number of nitrogens with one attached hydrogen (secondary N) is 2. The van der Waals surface area contributed by atoms with Crippen molar-refractivity contribution in [3.05, 3.63) is 64.7 Å². The monoisotopic (exact) mass is 387 g/mol. The Bertz CT molecular complexity index is 773. The first-order valence-corrected chi connectivity index (χ1v) is 9.48. The molecule has 2 aromatic rings. The van der Waals surface area contributed by atoms with Gasteiger partial charge in [0, 0.05) is 29.7 Å². The van der Waals surface area contributed by atoms with Crippen LogP contribution in [-0.4, -0.2) is 36.3 Å². The molecular formula is C21H26ClN3O2. The lowest BCUT2D eigenvalue weighted by Gasteiger charge is -2.31. The minimum Gasteiger partial charge on any atom is -0.350 e. The standard InChI is InChI=1S/C21H26ClN3O2/c1-4-25(5-2)20(18-8-6-7-9-19(18)22)14-23-21(27)16-10-12-17(13-11-16)24-15(3)26/h6-13,20H,4-5,14H2,1-3H3,(H,23,27)(H,24,26)/t20-/m0/s1. The van der Waals surface area contributed by atoms with E-state index in [0.29, 0.717) is 22.8 Å². The highest BCUT2D eigenvalue weighted by Crippen LogP contribution is 2.27. The molecular weight excluding hydrogens is 362 g/mol. The molecule has 6 heteroatoms. The van der Waals surface area contributed by atoms with Crippen LogP contribution in [0.1, 0.15) is 42.7 Å². The molecule has 2 aromatic carbocycles. The van der Waals surface area contributed by atoms with Crippen LogP contribution in [0.15, 0.2) is 48.5 Å². The molecule has 144 valence electrons. The molecule has 0 aliphatic rings. The smallest absolute Gasteiger partial charge is 0.251 e. The van der Waals surface area contributed by atoms with Crippen molar-refractivity contribution in [3.8, 4) is 0 Å². The summed E-state index contributed by atoms with van der Waals surface area (Å²) in [5.74, 6) is -0.303. The summed E-state index contributed by atoms with van der Waals surface area (Å²) in [4.78, 5) is 25.9. The fraction of sp³-hybridized carbons (Fsp3) is 0.333. The Kier molecular flexibility index (Phi) is 7.82. The molecule has 2 N–H and O–H groups in total. The number of rotatable bonds is 8. The average molecular weight is 388 g/mol. The van der Waals surface area contributed by atoms with E-state index in [1.807, 2.05) is 24.3 Å². The maximum atomic E-state index is 12.5. The summed E-state index contributed by atoms with van der Waals surface area (Å²) in [6, 6.07) is 14.6. The number of amides is 2. The SMILES string of the molecule is CCN(CC)[C@@H](CNC(=O)c1ccc(NC(C)=O)cc1)c1ccccc1Cl. The van der Waals surface area contributed by atoms with Gasteiger partial charge in [0.15, 0.2) is 0 Å². The summed E-state index contributed by atoms with van der Waals surface area (Å²) >= 11 is 6.39. The van der Waals surface area contributed by atoms with Crippen molar-refractivity contribution in [2.24, 2.45) is 0 Å². The van der Waals surface area contributed by atoms with Gasteiger partial charge in [-0.15, -0.1) is 0 Å². The quantitative estimate of drug-likeness (QED) is 0.716. The molecule has 0 saturated heterocycles. The van der Waals surface area contributed by atoms with Crippen LogP contribution in [0, 0.1) is 0 Å². The Balaban J connectivity index is 2.11. The van der Waals surface area contributed by atoms with Gasteiger partial charge in [0.1, 0.15) is 0 Å². The Morgan fingerprint density at radius 2 is 1.67 bits per heavy atom. The van der Waals surface area contributed by atoms with Crippen LogP contribution >= 0.6 is 11.6 Å². The zero-order valence-electron chi connectivity index (χ0n) is 16.0. The summed E-state index contributed by atoms with van der Waals surface area (Å²) in [5.41, 5.74) is 2.21. The molecule has 5 nitrogen and oxygen atoms in total. The summed E-state index contributed by atoms with van der Waals surface area (Å²) in [6.07, 6.45) is 0. The van der Waals surface area contributed by atoms with E-state index in [4.69, 9.17) is 11.6 Å². The van der Waals surface area contributed by atoms with Crippen molar-refractivity contribution in [1.29, 1.82) is 0 Å². The molecule has 0 aromatic heterocycles. The van der Waals surface area contributed by atoms with Crippen molar-refractivity contribution in [2.75, 3.05) is 25.0 Å². The zero-order valence-corrected chi connectivity index (χ0v) is 16.7. The van der Waals surface area contributed by atoms with E-state index in [2.05, 4.69) is 29.4 Å². The highest BCUT2D eigenvalue weighted by Gasteiger charge is 2.21. The minimum atomic E-state index is -0.159. The first-order chi connectivity index (χ1) is 13.0. The number of hydrogen-bond acceptors (Lipinski definition) is 3. The van der Waals surface area contributed by atoms with E-state index in [-0.39, 0.29) is 17.9 Å². The average Bonchev–Trinajstić information content (AvgIpc) is 2.66. The highest BCUT2D eigenvalue weighted by molar-refractivity contribution is 6.31. The van der Waals surface area contributed by atoms with E-state index in [0.717, 1.165) is 18.7 Å². The van der Waals surface area contributed by atoms with Crippen molar-refractivity contribution in [3.63, 3.8) is 0 Å². The van der Waals surface area contributed by atoms with Gasteiger partial charge in [0.25, 0.3) is 5.91 Å². The summed E-state index contributed by atoms with van der Waals surface area (Å²) in [5, 5.41) is 6.39. The van der Waals surface area contributed by atoms with Gasteiger partial charge in [-0.25, -0.2) is 0 Å². The Labute approximate surface area is 165 Å². The fourth-order valence-electron chi connectivity index (χ4n) is 3.05.